The molecule has 0 atom stereocenters. The molecule has 7 nitrogen and oxygen atoms in total. The summed E-state index contributed by atoms with van der Waals surface area (Å²) in [6.45, 7) is 0. The van der Waals surface area contributed by atoms with Crippen molar-refractivity contribution in [3.63, 3.8) is 0 Å². The molecular formula is C12H9ClN4O3. The fourth-order valence-corrected chi connectivity index (χ4v) is 1.59. The Morgan fingerprint density at radius 3 is 2.95 bits per heavy atom. The first kappa shape index (κ1) is 13.8. The van der Waals surface area contributed by atoms with E-state index in [1.54, 1.807) is 6.07 Å². The third-order valence-electron chi connectivity index (χ3n) is 2.34. The molecule has 8 heteroatoms. The molecule has 0 spiro atoms. The average molecular weight is 293 g/mol. The number of benzene rings is 1. The summed E-state index contributed by atoms with van der Waals surface area (Å²) in [4.78, 5) is 14.0. The van der Waals surface area contributed by atoms with E-state index in [9.17, 15) is 15.2 Å². The molecule has 1 aromatic heterocycles. The summed E-state index contributed by atoms with van der Waals surface area (Å²) >= 11 is 5.74. The van der Waals surface area contributed by atoms with E-state index >= 15 is 0 Å². The van der Waals surface area contributed by atoms with E-state index in [4.69, 9.17) is 11.6 Å². The minimum absolute atomic E-state index is 0.0304. The molecule has 0 aliphatic heterocycles. The van der Waals surface area contributed by atoms with Gasteiger partial charge in [0.15, 0.2) is 0 Å². The van der Waals surface area contributed by atoms with Crippen LogP contribution >= 0.6 is 11.6 Å². The fraction of sp³-hybridized carbons (Fsp3) is 0. The number of nitrogens with zero attached hydrogens (tertiary/aromatic N) is 3. The number of phenols is 1. The third kappa shape index (κ3) is 3.21. The van der Waals surface area contributed by atoms with Gasteiger partial charge in [0.05, 0.1) is 16.2 Å². The van der Waals surface area contributed by atoms with Crippen molar-refractivity contribution in [2.75, 3.05) is 5.43 Å². The molecule has 102 valence electrons. The minimum Gasteiger partial charge on any atom is -0.506 e. The number of phenolic OH excluding ortho intramolecular Hbond substituents is 1. The van der Waals surface area contributed by atoms with E-state index < -0.39 is 4.92 Å². The number of pyridine rings is 1. The van der Waals surface area contributed by atoms with Gasteiger partial charge in [-0.2, -0.15) is 5.10 Å². The van der Waals surface area contributed by atoms with Gasteiger partial charge in [-0.15, -0.1) is 0 Å². The Morgan fingerprint density at radius 1 is 1.45 bits per heavy atom. The van der Waals surface area contributed by atoms with Crippen LogP contribution in [0.4, 0.5) is 11.5 Å². The van der Waals surface area contributed by atoms with Crippen molar-refractivity contribution in [1.82, 2.24) is 4.98 Å². The standard InChI is InChI=1S/C12H9ClN4O3/c13-9-6-8(3-4-11(9)18)7-15-16-12-10(17(19)20)2-1-5-14-12/h1-7,18H,(H,14,16)/b15-7-. The van der Waals surface area contributed by atoms with Gasteiger partial charge in [-0.1, -0.05) is 11.6 Å². The van der Waals surface area contributed by atoms with E-state index in [2.05, 4.69) is 15.5 Å². The van der Waals surface area contributed by atoms with Gasteiger partial charge >= 0.3 is 5.69 Å². The van der Waals surface area contributed by atoms with Crippen LogP contribution in [-0.2, 0) is 0 Å². The first-order valence-corrected chi connectivity index (χ1v) is 5.82. The Bertz CT molecular complexity index is 676. The maximum atomic E-state index is 10.8. The van der Waals surface area contributed by atoms with Crippen molar-refractivity contribution >= 4 is 29.3 Å². The van der Waals surface area contributed by atoms with Gasteiger partial charge in [0.25, 0.3) is 0 Å². The zero-order chi connectivity index (χ0) is 14.5. The molecule has 20 heavy (non-hydrogen) atoms. The van der Waals surface area contributed by atoms with E-state index in [1.165, 1.54) is 36.7 Å². The molecule has 0 bridgehead atoms. The number of anilines is 1. The van der Waals surface area contributed by atoms with Crippen molar-refractivity contribution in [1.29, 1.82) is 0 Å². The van der Waals surface area contributed by atoms with Crippen LogP contribution in [0.2, 0.25) is 5.02 Å². The minimum atomic E-state index is -0.553. The van der Waals surface area contributed by atoms with Crippen molar-refractivity contribution < 1.29 is 10.0 Å². The fourth-order valence-electron chi connectivity index (χ4n) is 1.40. The molecule has 0 fully saturated rings. The van der Waals surface area contributed by atoms with Gasteiger partial charge in [-0.3, -0.25) is 15.5 Å². The van der Waals surface area contributed by atoms with Crippen molar-refractivity contribution in [3.05, 3.63) is 57.2 Å². The zero-order valence-corrected chi connectivity index (χ0v) is 10.8. The summed E-state index contributed by atoms with van der Waals surface area (Å²) in [6, 6.07) is 7.32. The summed E-state index contributed by atoms with van der Waals surface area (Å²) in [6.07, 6.45) is 2.83. The highest BCUT2D eigenvalue weighted by molar-refractivity contribution is 6.32. The lowest BCUT2D eigenvalue weighted by molar-refractivity contribution is -0.384. The number of aromatic nitrogens is 1. The molecule has 2 rings (SSSR count). The molecule has 0 unspecified atom stereocenters. The second-order valence-electron chi connectivity index (χ2n) is 3.71. The van der Waals surface area contributed by atoms with Gasteiger partial charge in [-0.25, -0.2) is 4.98 Å². The number of hydrogen-bond acceptors (Lipinski definition) is 6. The van der Waals surface area contributed by atoms with Crippen LogP contribution in [0, 0.1) is 10.1 Å². The Kier molecular flexibility index (Phi) is 4.11. The molecule has 0 saturated heterocycles. The lowest BCUT2D eigenvalue weighted by atomic mass is 10.2. The van der Waals surface area contributed by atoms with Crippen LogP contribution in [0.3, 0.4) is 0 Å². The molecule has 0 amide bonds. The predicted molar refractivity (Wildman–Crippen MR) is 75.2 cm³/mol. The number of halogens is 1. The zero-order valence-electron chi connectivity index (χ0n) is 10.0. The maximum absolute atomic E-state index is 10.8. The van der Waals surface area contributed by atoms with E-state index in [-0.39, 0.29) is 22.3 Å². The molecule has 0 aliphatic rings. The van der Waals surface area contributed by atoms with Gasteiger partial charge in [0.2, 0.25) is 5.82 Å². The second kappa shape index (κ2) is 5.98. The van der Waals surface area contributed by atoms with Crippen LogP contribution in [0.15, 0.2) is 41.6 Å². The maximum Gasteiger partial charge on any atom is 0.313 e. The highest BCUT2D eigenvalue weighted by Crippen LogP contribution is 2.23. The average Bonchev–Trinajstić information content (AvgIpc) is 2.43. The highest BCUT2D eigenvalue weighted by atomic mass is 35.5. The molecule has 2 aromatic rings. The predicted octanol–water partition coefficient (Wildman–Crippen LogP) is 2.79. The van der Waals surface area contributed by atoms with E-state index in [0.717, 1.165) is 0 Å². The smallest absolute Gasteiger partial charge is 0.313 e. The lowest BCUT2D eigenvalue weighted by Gasteiger charge is -2.00. The summed E-state index contributed by atoms with van der Waals surface area (Å²) in [5, 5.41) is 24.1. The van der Waals surface area contributed by atoms with Crippen LogP contribution in [0.1, 0.15) is 5.56 Å². The lowest BCUT2D eigenvalue weighted by Crippen LogP contribution is -1.98. The molecule has 0 radical (unpaired) electrons. The summed E-state index contributed by atoms with van der Waals surface area (Å²) in [5.41, 5.74) is 2.94. The summed E-state index contributed by atoms with van der Waals surface area (Å²) in [7, 11) is 0. The van der Waals surface area contributed by atoms with Crippen LogP contribution in [-0.4, -0.2) is 21.2 Å². The summed E-state index contributed by atoms with van der Waals surface area (Å²) in [5.74, 6) is 0.00997. The number of hydrogen-bond donors (Lipinski definition) is 2. The number of nitro groups is 1. The highest BCUT2D eigenvalue weighted by Gasteiger charge is 2.12. The van der Waals surface area contributed by atoms with Crippen LogP contribution < -0.4 is 5.43 Å². The van der Waals surface area contributed by atoms with Gasteiger partial charge in [-0.05, 0) is 29.8 Å². The number of nitrogens with one attached hydrogen (secondary N) is 1. The first-order valence-electron chi connectivity index (χ1n) is 5.45. The Hall–Kier alpha value is -2.67. The largest absolute Gasteiger partial charge is 0.506 e. The van der Waals surface area contributed by atoms with Gasteiger partial charge in [0, 0.05) is 12.3 Å². The normalized spacial score (nSPS) is 10.7. The number of hydrazone groups is 1. The summed E-state index contributed by atoms with van der Waals surface area (Å²) < 4.78 is 0. The molecular weight excluding hydrogens is 284 g/mol. The molecule has 1 aromatic carbocycles. The SMILES string of the molecule is O=[N+]([O-])c1cccnc1N/N=C\c1ccc(O)c(Cl)c1. The van der Waals surface area contributed by atoms with Gasteiger partial charge in [0.1, 0.15) is 5.75 Å². The van der Waals surface area contributed by atoms with E-state index in [0.29, 0.717) is 5.56 Å². The monoisotopic (exact) mass is 292 g/mol. The number of aromatic hydroxyl groups is 1. The molecule has 0 saturated carbocycles. The van der Waals surface area contributed by atoms with Crippen molar-refractivity contribution in [2.24, 2.45) is 5.10 Å². The Balaban J connectivity index is 2.14. The second-order valence-corrected chi connectivity index (χ2v) is 4.12. The molecule has 0 aliphatic carbocycles. The molecule has 1 heterocycles. The van der Waals surface area contributed by atoms with Crippen molar-refractivity contribution in [2.45, 2.75) is 0 Å². The Morgan fingerprint density at radius 2 is 2.25 bits per heavy atom. The molecule has 2 N–H and O–H groups in total. The quantitative estimate of drug-likeness (QED) is 0.512. The first-order chi connectivity index (χ1) is 9.58. The Labute approximate surface area is 118 Å². The van der Waals surface area contributed by atoms with E-state index in [1.807, 2.05) is 0 Å². The van der Waals surface area contributed by atoms with Crippen molar-refractivity contribution in [3.8, 4) is 5.75 Å². The number of rotatable bonds is 4. The van der Waals surface area contributed by atoms with Gasteiger partial charge < -0.3 is 5.11 Å². The third-order valence-corrected chi connectivity index (χ3v) is 2.64. The van der Waals surface area contributed by atoms with Crippen LogP contribution in [0.5, 0.6) is 5.75 Å². The topological polar surface area (TPSA) is 101 Å². The van der Waals surface area contributed by atoms with Crippen LogP contribution in [0.25, 0.3) is 0 Å².